The Hall–Kier alpha value is -3.03. The van der Waals surface area contributed by atoms with E-state index in [0.29, 0.717) is 28.8 Å². The molecule has 0 unspecified atom stereocenters. The van der Waals surface area contributed by atoms with Crippen LogP contribution in [0.3, 0.4) is 0 Å². The second-order valence-corrected chi connectivity index (χ2v) is 9.92. The molecular weight excluding hydrogens is 452 g/mol. The molecule has 12 heteroatoms. The summed E-state index contributed by atoms with van der Waals surface area (Å²) in [5, 5.41) is 0.886. The molecule has 0 N–H and O–H groups in total. The van der Waals surface area contributed by atoms with Crippen molar-refractivity contribution in [2.45, 2.75) is 55.4 Å². The second-order valence-electron chi connectivity index (χ2n) is 9.92. The van der Waals surface area contributed by atoms with Gasteiger partial charge in [-0.3, -0.25) is 4.79 Å². The summed E-state index contributed by atoms with van der Waals surface area (Å²) in [6.07, 6.45) is 3.72. The molecule has 1 saturated heterocycles. The molecule has 36 heavy (non-hydrogen) atoms. The van der Waals surface area contributed by atoms with E-state index < -0.39 is 10.8 Å². The highest BCUT2D eigenvalue weighted by Gasteiger charge is 2.43. The molecule has 8 nitrogen and oxygen atoms in total. The van der Waals surface area contributed by atoms with Crippen LogP contribution in [0.4, 0.5) is 5.82 Å². The third-order valence-electron chi connectivity index (χ3n) is 6.96. The van der Waals surface area contributed by atoms with Gasteiger partial charge in [0, 0.05) is 54.8 Å². The van der Waals surface area contributed by atoms with E-state index in [1.807, 2.05) is 13.0 Å². The SMILES string of the molecule is [B]C1([B])Oc2ccc(OC3CCN(c4nn5c(=O)cc(C6CC6)nc5cc4C)CC3)cc2OC1([B])[B]. The summed E-state index contributed by atoms with van der Waals surface area (Å²) in [4.78, 5) is 19.5. The van der Waals surface area contributed by atoms with Crippen molar-refractivity contribution in [3.8, 4) is 17.2 Å². The van der Waals surface area contributed by atoms with E-state index in [-0.39, 0.29) is 11.7 Å². The molecule has 6 rings (SSSR count). The van der Waals surface area contributed by atoms with Crippen molar-refractivity contribution in [1.82, 2.24) is 14.6 Å². The fraction of sp³-hybridized carbons (Fsp3) is 0.458. The molecule has 8 radical (unpaired) electrons. The number of aryl methyl sites for hydroxylation is 1. The Kier molecular flexibility index (Phi) is 5.36. The first-order valence-electron chi connectivity index (χ1n) is 12.1. The minimum absolute atomic E-state index is 0.0151. The van der Waals surface area contributed by atoms with Crippen LogP contribution in [0.25, 0.3) is 5.65 Å². The summed E-state index contributed by atoms with van der Waals surface area (Å²) in [7, 11) is 23.3. The maximum Gasteiger partial charge on any atom is 0.274 e. The molecule has 1 saturated carbocycles. The lowest BCUT2D eigenvalue weighted by Gasteiger charge is -2.48. The molecule has 174 valence electrons. The van der Waals surface area contributed by atoms with Crippen LogP contribution in [0.2, 0.25) is 0 Å². The summed E-state index contributed by atoms with van der Waals surface area (Å²) in [5.74, 6) is 2.44. The molecule has 0 amide bonds. The Morgan fingerprint density at radius 3 is 2.36 bits per heavy atom. The van der Waals surface area contributed by atoms with Gasteiger partial charge in [0.25, 0.3) is 5.56 Å². The minimum Gasteiger partial charge on any atom is -0.501 e. The molecule has 1 aromatic carbocycles. The Morgan fingerprint density at radius 1 is 0.972 bits per heavy atom. The van der Waals surface area contributed by atoms with Gasteiger partial charge in [0.15, 0.2) is 23.0 Å². The second kappa shape index (κ2) is 8.25. The van der Waals surface area contributed by atoms with Crippen LogP contribution in [-0.4, -0.2) is 76.0 Å². The highest BCUT2D eigenvalue weighted by Crippen LogP contribution is 2.41. The van der Waals surface area contributed by atoms with Gasteiger partial charge < -0.3 is 19.1 Å². The number of nitrogens with zero attached hydrogens (tertiary/aromatic N) is 4. The van der Waals surface area contributed by atoms with Gasteiger partial charge in [-0.25, -0.2) is 4.98 Å². The van der Waals surface area contributed by atoms with Crippen LogP contribution in [-0.2, 0) is 0 Å². The highest BCUT2D eigenvalue weighted by atomic mass is 16.6. The summed E-state index contributed by atoms with van der Waals surface area (Å²) < 4.78 is 18.7. The van der Waals surface area contributed by atoms with E-state index in [2.05, 4.69) is 15.0 Å². The highest BCUT2D eigenvalue weighted by molar-refractivity contribution is 6.53. The molecule has 3 aromatic rings. The van der Waals surface area contributed by atoms with E-state index in [9.17, 15) is 4.79 Å². The largest absolute Gasteiger partial charge is 0.501 e. The van der Waals surface area contributed by atoms with Crippen molar-refractivity contribution in [3.05, 3.63) is 51.9 Å². The molecule has 3 aliphatic rings. The number of ether oxygens (including phenoxy) is 3. The standard InChI is InChI=1S/C24H22B4N4O4/c1-13-10-20-29-17(14-2-3-14)12-21(33)32(20)30-22(13)31-8-6-15(7-9-31)34-16-4-5-18-19(11-16)36-24(27,28)23(25,26)35-18/h4-5,10-12,14-15H,2-3,6-9H2,1H3. The van der Waals surface area contributed by atoms with E-state index in [0.717, 1.165) is 55.8 Å². The van der Waals surface area contributed by atoms with Gasteiger partial charge in [0.05, 0.1) is 5.69 Å². The number of anilines is 1. The predicted molar refractivity (Wildman–Crippen MR) is 138 cm³/mol. The van der Waals surface area contributed by atoms with E-state index in [1.54, 1.807) is 24.3 Å². The van der Waals surface area contributed by atoms with Crippen molar-refractivity contribution < 1.29 is 14.2 Å². The zero-order valence-corrected chi connectivity index (χ0v) is 20.0. The van der Waals surface area contributed by atoms with Crippen molar-refractivity contribution in [3.63, 3.8) is 0 Å². The lowest BCUT2D eigenvalue weighted by atomic mass is 9.41. The van der Waals surface area contributed by atoms with Crippen molar-refractivity contribution in [2.24, 2.45) is 0 Å². The van der Waals surface area contributed by atoms with Crippen molar-refractivity contribution in [1.29, 1.82) is 0 Å². The Morgan fingerprint density at radius 2 is 1.67 bits per heavy atom. The summed E-state index contributed by atoms with van der Waals surface area (Å²) in [5.41, 5.74) is 2.33. The number of piperidine rings is 1. The van der Waals surface area contributed by atoms with Gasteiger partial charge in [0.1, 0.15) is 43.2 Å². The van der Waals surface area contributed by atoms with Gasteiger partial charge in [-0.2, -0.15) is 4.52 Å². The molecule has 0 atom stereocenters. The molecule has 2 fully saturated rings. The Labute approximate surface area is 214 Å². The number of hydrogen-bond acceptors (Lipinski definition) is 7. The van der Waals surface area contributed by atoms with Crippen LogP contribution >= 0.6 is 0 Å². The molecule has 2 aromatic heterocycles. The van der Waals surface area contributed by atoms with Crippen LogP contribution in [0.5, 0.6) is 17.2 Å². The first kappa shape index (κ1) is 23.4. The molecule has 2 aliphatic heterocycles. The molecule has 0 bridgehead atoms. The lowest BCUT2D eigenvalue weighted by Crippen LogP contribution is -2.65. The van der Waals surface area contributed by atoms with Gasteiger partial charge in [-0.15, -0.1) is 5.10 Å². The number of rotatable bonds is 4. The van der Waals surface area contributed by atoms with Gasteiger partial charge in [-0.1, -0.05) is 0 Å². The Balaban J connectivity index is 1.14. The first-order valence-corrected chi connectivity index (χ1v) is 12.1. The van der Waals surface area contributed by atoms with Gasteiger partial charge in [-0.05, 0) is 43.5 Å². The minimum atomic E-state index is -1.90. The topological polar surface area (TPSA) is 78.2 Å². The predicted octanol–water partition coefficient (Wildman–Crippen LogP) is 1.08. The molecule has 1 aliphatic carbocycles. The third-order valence-corrected chi connectivity index (χ3v) is 6.96. The first-order chi connectivity index (χ1) is 17.1. The van der Waals surface area contributed by atoms with Crippen LogP contribution in [0.15, 0.2) is 35.1 Å². The number of hydrogen-bond donors (Lipinski definition) is 0. The fourth-order valence-electron chi connectivity index (χ4n) is 4.67. The molecular formula is C24H22B4N4O4. The monoisotopic (exact) mass is 474 g/mol. The maximum atomic E-state index is 12.7. The number of aromatic nitrogens is 3. The summed E-state index contributed by atoms with van der Waals surface area (Å²) >= 11 is 0. The third kappa shape index (κ3) is 4.14. The lowest BCUT2D eigenvalue weighted by molar-refractivity contribution is 0.0609. The zero-order chi connectivity index (χ0) is 25.2. The summed E-state index contributed by atoms with van der Waals surface area (Å²) in [6.45, 7) is 3.46. The quantitative estimate of drug-likeness (QED) is 0.525. The molecule has 0 spiro atoms. The summed E-state index contributed by atoms with van der Waals surface area (Å²) in [6, 6.07) is 8.64. The number of benzene rings is 1. The van der Waals surface area contributed by atoms with Crippen LogP contribution < -0.4 is 24.7 Å². The molecule has 4 heterocycles. The number of fused-ring (bicyclic) bond motifs is 2. The van der Waals surface area contributed by atoms with E-state index in [1.165, 1.54) is 4.52 Å². The van der Waals surface area contributed by atoms with Crippen molar-refractivity contribution in [2.75, 3.05) is 18.0 Å². The average Bonchev–Trinajstić information content (AvgIpc) is 3.65. The van der Waals surface area contributed by atoms with Crippen LogP contribution in [0.1, 0.15) is 42.9 Å². The Bertz CT molecular complexity index is 1400. The fourth-order valence-corrected chi connectivity index (χ4v) is 4.67. The zero-order valence-electron chi connectivity index (χ0n) is 20.0. The van der Waals surface area contributed by atoms with Gasteiger partial charge in [0.2, 0.25) is 0 Å². The smallest absolute Gasteiger partial charge is 0.274 e. The van der Waals surface area contributed by atoms with E-state index in [4.69, 9.17) is 45.6 Å². The van der Waals surface area contributed by atoms with E-state index >= 15 is 0 Å². The van der Waals surface area contributed by atoms with Gasteiger partial charge >= 0.3 is 0 Å². The van der Waals surface area contributed by atoms with Crippen molar-refractivity contribution >= 4 is 42.9 Å². The maximum absolute atomic E-state index is 12.7. The average molecular weight is 474 g/mol. The normalized spacial score (nSPS) is 20.9. The van der Waals surface area contributed by atoms with Crippen LogP contribution in [0, 0.1) is 6.92 Å².